The fraction of sp³-hybridized carbons (Fsp3) is 0.909. The Morgan fingerprint density at radius 3 is 2.53 bits per heavy atom. The Morgan fingerprint density at radius 1 is 1.40 bits per heavy atom. The average Bonchev–Trinajstić information content (AvgIpc) is 2.17. The molecule has 0 atom stereocenters. The van der Waals surface area contributed by atoms with Gasteiger partial charge in [0.25, 0.3) is 0 Å². The maximum absolute atomic E-state index is 11.7. The van der Waals surface area contributed by atoms with Crippen LogP contribution in [0.5, 0.6) is 0 Å². The summed E-state index contributed by atoms with van der Waals surface area (Å²) in [6.07, 6.45) is 0. The molecule has 0 radical (unpaired) electrons. The molecular weight excluding hydrogens is 190 g/mol. The Bertz CT molecular complexity index is 228. The molecule has 2 N–H and O–H groups in total. The molecule has 4 nitrogen and oxygen atoms in total. The first-order valence-electron chi connectivity index (χ1n) is 5.68. The maximum Gasteiger partial charge on any atom is 0.236 e. The highest BCUT2D eigenvalue weighted by atomic mass is 16.2. The van der Waals surface area contributed by atoms with Crippen LogP contribution >= 0.6 is 0 Å². The molecule has 0 aromatic rings. The SMILES string of the molecule is CCN1CCN(CC(C)(C)CN)CC1=O. The normalized spacial score (nSPS) is 19.7. The molecule has 1 aliphatic heterocycles. The second-order valence-corrected chi connectivity index (χ2v) is 5.05. The Morgan fingerprint density at radius 2 is 2.07 bits per heavy atom. The fourth-order valence-electron chi connectivity index (χ4n) is 1.90. The first-order valence-corrected chi connectivity index (χ1v) is 5.68. The van der Waals surface area contributed by atoms with Crippen molar-refractivity contribution in [1.29, 1.82) is 0 Å². The summed E-state index contributed by atoms with van der Waals surface area (Å²) < 4.78 is 0. The summed E-state index contributed by atoms with van der Waals surface area (Å²) in [5.74, 6) is 0.247. The van der Waals surface area contributed by atoms with Gasteiger partial charge in [0.15, 0.2) is 0 Å². The molecule has 1 saturated heterocycles. The number of rotatable bonds is 4. The van der Waals surface area contributed by atoms with Crippen molar-refractivity contribution in [2.45, 2.75) is 20.8 Å². The number of carbonyl (C=O) groups excluding carboxylic acids is 1. The van der Waals surface area contributed by atoms with Gasteiger partial charge in [-0.15, -0.1) is 0 Å². The summed E-state index contributed by atoms with van der Waals surface area (Å²) >= 11 is 0. The van der Waals surface area contributed by atoms with Crippen molar-refractivity contribution in [2.75, 3.05) is 39.3 Å². The Labute approximate surface area is 92.4 Å². The van der Waals surface area contributed by atoms with Crippen molar-refractivity contribution in [3.05, 3.63) is 0 Å². The lowest BCUT2D eigenvalue weighted by Gasteiger charge is -2.37. The smallest absolute Gasteiger partial charge is 0.236 e. The predicted octanol–water partition coefficient (Wildman–Crippen LogP) is 0.135. The third-order valence-corrected chi connectivity index (χ3v) is 2.98. The van der Waals surface area contributed by atoms with E-state index in [0.29, 0.717) is 13.1 Å². The lowest BCUT2D eigenvalue weighted by Crippen LogP contribution is -2.52. The van der Waals surface area contributed by atoms with E-state index in [4.69, 9.17) is 5.73 Å². The molecule has 0 aromatic heterocycles. The van der Waals surface area contributed by atoms with E-state index in [-0.39, 0.29) is 11.3 Å². The standard InChI is InChI=1S/C11H23N3O/c1-4-14-6-5-13(7-10(14)15)9-11(2,3)8-12/h4-9,12H2,1-3H3. The van der Waals surface area contributed by atoms with Gasteiger partial charge in [-0.25, -0.2) is 0 Å². The molecule has 0 aromatic carbocycles. The van der Waals surface area contributed by atoms with Crippen LogP contribution in [0.15, 0.2) is 0 Å². The van der Waals surface area contributed by atoms with Crippen LogP contribution in [0.3, 0.4) is 0 Å². The van der Waals surface area contributed by atoms with E-state index in [1.165, 1.54) is 0 Å². The van der Waals surface area contributed by atoms with Gasteiger partial charge >= 0.3 is 0 Å². The van der Waals surface area contributed by atoms with Gasteiger partial charge in [-0.3, -0.25) is 9.69 Å². The van der Waals surface area contributed by atoms with E-state index in [9.17, 15) is 4.79 Å². The molecule has 0 unspecified atom stereocenters. The van der Waals surface area contributed by atoms with Crippen LogP contribution in [0.25, 0.3) is 0 Å². The third kappa shape index (κ3) is 3.47. The number of nitrogens with two attached hydrogens (primary N) is 1. The minimum atomic E-state index is 0.106. The highest BCUT2D eigenvalue weighted by Gasteiger charge is 2.27. The third-order valence-electron chi connectivity index (χ3n) is 2.98. The molecule has 0 aliphatic carbocycles. The number of carbonyl (C=O) groups is 1. The average molecular weight is 213 g/mol. The number of hydrogen-bond acceptors (Lipinski definition) is 3. The van der Waals surface area contributed by atoms with Crippen LogP contribution in [0.4, 0.5) is 0 Å². The molecule has 0 saturated carbocycles. The number of hydrogen-bond donors (Lipinski definition) is 1. The molecule has 1 fully saturated rings. The van der Waals surface area contributed by atoms with E-state index in [1.807, 2.05) is 11.8 Å². The first kappa shape index (κ1) is 12.5. The molecule has 1 rings (SSSR count). The number of piperazine rings is 1. The van der Waals surface area contributed by atoms with Gasteiger partial charge in [-0.1, -0.05) is 13.8 Å². The minimum absolute atomic E-state index is 0.106. The van der Waals surface area contributed by atoms with Gasteiger partial charge < -0.3 is 10.6 Å². The zero-order chi connectivity index (χ0) is 11.5. The van der Waals surface area contributed by atoms with E-state index >= 15 is 0 Å². The molecule has 15 heavy (non-hydrogen) atoms. The van der Waals surface area contributed by atoms with E-state index in [1.54, 1.807) is 0 Å². The Hall–Kier alpha value is -0.610. The highest BCUT2D eigenvalue weighted by Crippen LogP contribution is 2.16. The molecule has 1 aliphatic rings. The maximum atomic E-state index is 11.7. The van der Waals surface area contributed by atoms with E-state index in [0.717, 1.165) is 26.2 Å². The Balaban J connectivity index is 2.45. The van der Waals surface area contributed by atoms with Crippen molar-refractivity contribution in [2.24, 2.45) is 11.1 Å². The van der Waals surface area contributed by atoms with Gasteiger partial charge in [-0.05, 0) is 18.9 Å². The summed E-state index contributed by atoms with van der Waals surface area (Å²) in [7, 11) is 0. The minimum Gasteiger partial charge on any atom is -0.341 e. The number of likely N-dealkylation sites (N-methyl/N-ethyl adjacent to an activating group) is 1. The van der Waals surface area contributed by atoms with Crippen LogP contribution in [0, 0.1) is 5.41 Å². The predicted molar refractivity (Wildman–Crippen MR) is 61.5 cm³/mol. The van der Waals surface area contributed by atoms with Crippen molar-refractivity contribution < 1.29 is 4.79 Å². The van der Waals surface area contributed by atoms with Crippen molar-refractivity contribution in [3.63, 3.8) is 0 Å². The fourth-order valence-corrected chi connectivity index (χ4v) is 1.90. The van der Waals surface area contributed by atoms with Gasteiger partial charge in [0, 0.05) is 26.2 Å². The van der Waals surface area contributed by atoms with E-state index in [2.05, 4.69) is 18.7 Å². The molecule has 0 spiro atoms. The summed E-state index contributed by atoms with van der Waals surface area (Å²) in [5.41, 5.74) is 5.80. The quantitative estimate of drug-likeness (QED) is 0.722. The van der Waals surface area contributed by atoms with Crippen molar-refractivity contribution in [3.8, 4) is 0 Å². The van der Waals surface area contributed by atoms with Crippen LogP contribution in [-0.2, 0) is 4.79 Å². The van der Waals surface area contributed by atoms with Crippen molar-refractivity contribution >= 4 is 5.91 Å². The first-order chi connectivity index (χ1) is 6.98. The summed E-state index contributed by atoms with van der Waals surface area (Å²) in [4.78, 5) is 15.8. The largest absolute Gasteiger partial charge is 0.341 e. The lowest BCUT2D eigenvalue weighted by atomic mass is 9.93. The van der Waals surface area contributed by atoms with Crippen LogP contribution in [0.2, 0.25) is 0 Å². The van der Waals surface area contributed by atoms with Gasteiger partial charge in [0.2, 0.25) is 5.91 Å². The second kappa shape index (κ2) is 4.94. The monoisotopic (exact) mass is 213 g/mol. The molecule has 1 heterocycles. The summed E-state index contributed by atoms with van der Waals surface area (Å²) in [6, 6.07) is 0. The summed E-state index contributed by atoms with van der Waals surface area (Å²) in [5, 5.41) is 0. The lowest BCUT2D eigenvalue weighted by molar-refractivity contribution is -0.136. The van der Waals surface area contributed by atoms with Gasteiger partial charge in [0.05, 0.1) is 6.54 Å². The zero-order valence-electron chi connectivity index (χ0n) is 10.1. The van der Waals surface area contributed by atoms with Crippen molar-refractivity contribution in [1.82, 2.24) is 9.80 Å². The van der Waals surface area contributed by atoms with Crippen LogP contribution < -0.4 is 5.73 Å². The Kier molecular flexibility index (Phi) is 4.11. The zero-order valence-corrected chi connectivity index (χ0v) is 10.1. The molecule has 88 valence electrons. The second-order valence-electron chi connectivity index (χ2n) is 5.05. The number of nitrogens with zero attached hydrogens (tertiary/aromatic N) is 2. The summed E-state index contributed by atoms with van der Waals surface area (Å²) in [6.45, 7) is 11.1. The van der Waals surface area contributed by atoms with Gasteiger partial charge in [-0.2, -0.15) is 0 Å². The van der Waals surface area contributed by atoms with Gasteiger partial charge in [0.1, 0.15) is 0 Å². The highest BCUT2D eigenvalue weighted by molar-refractivity contribution is 5.78. The molecule has 4 heteroatoms. The molecule has 0 bridgehead atoms. The van der Waals surface area contributed by atoms with Crippen LogP contribution in [-0.4, -0.2) is 55.0 Å². The molecular formula is C11H23N3O. The molecule has 1 amide bonds. The topological polar surface area (TPSA) is 49.6 Å². The van der Waals surface area contributed by atoms with Crippen LogP contribution in [0.1, 0.15) is 20.8 Å². The van der Waals surface area contributed by atoms with E-state index < -0.39 is 0 Å². The number of amides is 1.